The third kappa shape index (κ3) is 23.8. The summed E-state index contributed by atoms with van der Waals surface area (Å²) in [7, 11) is -2.60. The molecule has 256 valence electrons. The summed E-state index contributed by atoms with van der Waals surface area (Å²) < 4.78 is 46.0. The number of benzene rings is 1. The molecule has 9 nitrogen and oxygen atoms in total. The average Bonchev–Trinajstić information content (AvgIpc) is 2.99. The zero-order chi connectivity index (χ0) is 32.4. The van der Waals surface area contributed by atoms with E-state index in [0.29, 0.717) is 19.8 Å². The lowest BCUT2D eigenvalue weighted by Gasteiger charge is -2.22. The predicted molar refractivity (Wildman–Crippen MR) is 177 cm³/mol. The van der Waals surface area contributed by atoms with Crippen LogP contribution in [0.2, 0.25) is 0 Å². The van der Waals surface area contributed by atoms with Gasteiger partial charge in [-0.05, 0) is 32.8 Å². The second-order valence-corrected chi connectivity index (χ2v) is 14.1. The summed E-state index contributed by atoms with van der Waals surface area (Å²) in [6, 6.07) is 9.82. The molecule has 0 aliphatic rings. The van der Waals surface area contributed by atoms with Gasteiger partial charge >= 0.3 is 13.9 Å². The maximum Gasteiger partial charge on any atom is 0.474 e. The summed E-state index contributed by atoms with van der Waals surface area (Å²) in [6.45, 7) is 8.88. The highest BCUT2D eigenvalue weighted by atomic mass is 31.2. The van der Waals surface area contributed by atoms with Crippen molar-refractivity contribution in [1.29, 1.82) is 0 Å². The first-order valence-corrected chi connectivity index (χ1v) is 18.3. The summed E-state index contributed by atoms with van der Waals surface area (Å²) >= 11 is 0. The van der Waals surface area contributed by atoms with Gasteiger partial charge in [-0.3, -0.25) is 13.6 Å². The van der Waals surface area contributed by atoms with Crippen LogP contribution in [0, 0.1) is 0 Å². The summed E-state index contributed by atoms with van der Waals surface area (Å²) in [4.78, 5) is 11.8. The van der Waals surface area contributed by atoms with Crippen LogP contribution in [0.5, 0.6) is 0 Å². The third-order valence-corrected chi connectivity index (χ3v) is 8.35. The monoisotopic (exact) mass is 643 g/mol. The standard InChI is InChI=1S/C34H62NO8P/c1-6-7-8-9-10-11-12-13-14-15-16-17-18-22-26-39-29-32(40-28-31-23-20-19-21-24-31)30-42-44(37,38-5)41-27-25-35-33(36)43-34(2,3)4/h19-21,23-24,32H,6-18,22,25-30H2,1-5H3,(H,35,36)/t32-,44?/m1/s1. The molecular weight excluding hydrogens is 581 g/mol. The van der Waals surface area contributed by atoms with Gasteiger partial charge in [0.05, 0.1) is 26.4 Å². The van der Waals surface area contributed by atoms with E-state index in [9.17, 15) is 9.36 Å². The first-order chi connectivity index (χ1) is 21.2. The Morgan fingerprint density at radius 3 is 1.91 bits per heavy atom. The lowest BCUT2D eigenvalue weighted by atomic mass is 10.0. The Hall–Kier alpha value is -1.48. The summed E-state index contributed by atoms with van der Waals surface area (Å²) in [5, 5.41) is 2.55. The van der Waals surface area contributed by atoms with Crippen LogP contribution < -0.4 is 5.32 Å². The molecule has 44 heavy (non-hydrogen) atoms. The van der Waals surface area contributed by atoms with Crippen LogP contribution in [-0.2, 0) is 39.0 Å². The lowest BCUT2D eigenvalue weighted by Crippen LogP contribution is -2.34. The molecule has 1 aromatic rings. The predicted octanol–water partition coefficient (Wildman–Crippen LogP) is 9.38. The summed E-state index contributed by atoms with van der Waals surface area (Å²) in [6.07, 6.45) is 17.3. The molecule has 0 heterocycles. The molecule has 0 aliphatic heterocycles. The van der Waals surface area contributed by atoms with Crippen LogP contribution in [0.25, 0.3) is 0 Å². The van der Waals surface area contributed by atoms with Crippen molar-refractivity contribution in [3.63, 3.8) is 0 Å². The molecule has 0 spiro atoms. The molecule has 0 radical (unpaired) electrons. The van der Waals surface area contributed by atoms with E-state index in [0.717, 1.165) is 18.4 Å². The van der Waals surface area contributed by atoms with Gasteiger partial charge in [-0.15, -0.1) is 0 Å². The molecule has 0 saturated carbocycles. The zero-order valence-electron chi connectivity index (χ0n) is 28.3. The van der Waals surface area contributed by atoms with Gasteiger partial charge in [0.15, 0.2) is 0 Å². The van der Waals surface area contributed by atoms with Crippen molar-refractivity contribution in [2.24, 2.45) is 0 Å². The minimum absolute atomic E-state index is 0.0316. The number of carbonyl (C=O) groups excluding carboxylic acids is 1. The smallest absolute Gasteiger partial charge is 0.444 e. The minimum Gasteiger partial charge on any atom is -0.444 e. The minimum atomic E-state index is -3.85. The molecule has 1 N–H and O–H groups in total. The van der Waals surface area contributed by atoms with Crippen molar-refractivity contribution in [3.05, 3.63) is 35.9 Å². The van der Waals surface area contributed by atoms with Gasteiger partial charge in [0.2, 0.25) is 0 Å². The number of phosphoric ester groups is 1. The Morgan fingerprint density at radius 1 is 0.795 bits per heavy atom. The average molecular weight is 644 g/mol. The molecule has 0 aromatic heterocycles. The van der Waals surface area contributed by atoms with Crippen molar-refractivity contribution in [2.45, 2.75) is 136 Å². The second-order valence-electron chi connectivity index (χ2n) is 12.3. The summed E-state index contributed by atoms with van der Waals surface area (Å²) in [5.74, 6) is 0. The van der Waals surface area contributed by atoms with Gasteiger partial charge in [-0.1, -0.05) is 121 Å². The molecule has 1 amide bonds. The highest BCUT2D eigenvalue weighted by Gasteiger charge is 2.27. The fraction of sp³-hybridized carbons (Fsp3) is 0.794. The zero-order valence-corrected chi connectivity index (χ0v) is 29.2. The molecule has 0 bridgehead atoms. The van der Waals surface area contributed by atoms with E-state index in [1.54, 1.807) is 20.8 Å². The highest BCUT2D eigenvalue weighted by Crippen LogP contribution is 2.48. The number of hydrogen-bond acceptors (Lipinski definition) is 8. The first kappa shape index (κ1) is 40.5. The van der Waals surface area contributed by atoms with Crippen molar-refractivity contribution in [1.82, 2.24) is 5.32 Å². The topological polar surface area (TPSA) is 102 Å². The molecule has 1 unspecified atom stereocenters. The molecule has 0 aliphatic carbocycles. The fourth-order valence-corrected chi connectivity index (χ4v) is 5.44. The van der Waals surface area contributed by atoms with Crippen LogP contribution in [0.1, 0.15) is 123 Å². The van der Waals surface area contributed by atoms with Crippen LogP contribution in [-0.4, -0.2) is 57.9 Å². The Bertz CT molecular complexity index is 865. The quantitative estimate of drug-likeness (QED) is 0.0712. The Labute approximate surface area is 268 Å². The molecule has 2 atom stereocenters. The normalized spacial score (nSPS) is 13.8. The number of hydrogen-bond donors (Lipinski definition) is 1. The van der Waals surface area contributed by atoms with Gasteiger partial charge in [0.1, 0.15) is 11.7 Å². The number of rotatable bonds is 28. The van der Waals surface area contributed by atoms with Gasteiger partial charge in [-0.25, -0.2) is 9.36 Å². The first-order valence-electron chi connectivity index (χ1n) is 16.8. The summed E-state index contributed by atoms with van der Waals surface area (Å²) in [5.41, 5.74) is 0.405. The Balaban J connectivity index is 2.29. The van der Waals surface area contributed by atoms with E-state index < -0.39 is 25.6 Å². The van der Waals surface area contributed by atoms with E-state index in [-0.39, 0.29) is 19.8 Å². The van der Waals surface area contributed by atoms with Gasteiger partial charge in [-0.2, -0.15) is 0 Å². The fourth-order valence-electron chi connectivity index (χ4n) is 4.49. The van der Waals surface area contributed by atoms with Gasteiger partial charge in [0, 0.05) is 20.3 Å². The lowest BCUT2D eigenvalue weighted by molar-refractivity contribution is -0.0514. The van der Waals surface area contributed by atoms with Crippen LogP contribution >= 0.6 is 7.82 Å². The highest BCUT2D eigenvalue weighted by molar-refractivity contribution is 7.48. The van der Waals surface area contributed by atoms with Crippen LogP contribution in [0.3, 0.4) is 0 Å². The van der Waals surface area contributed by atoms with Crippen LogP contribution in [0.4, 0.5) is 4.79 Å². The van der Waals surface area contributed by atoms with Gasteiger partial charge in [0.25, 0.3) is 0 Å². The number of nitrogens with one attached hydrogen (secondary N) is 1. The number of phosphoric acid groups is 1. The van der Waals surface area contributed by atoms with Crippen LogP contribution in [0.15, 0.2) is 30.3 Å². The van der Waals surface area contributed by atoms with Crippen molar-refractivity contribution < 1.29 is 37.1 Å². The SMILES string of the molecule is CCCCCCCCCCCCCCCCOC[C@H](COP(=O)(OC)OCCNC(=O)OC(C)(C)C)OCc1ccccc1. The molecule has 0 saturated heterocycles. The van der Waals surface area contributed by atoms with E-state index in [4.69, 9.17) is 27.8 Å². The Kier molecular flexibility index (Phi) is 23.7. The van der Waals surface area contributed by atoms with Crippen molar-refractivity contribution >= 4 is 13.9 Å². The second kappa shape index (κ2) is 25.7. The van der Waals surface area contributed by atoms with E-state index in [1.165, 1.54) is 84.2 Å². The number of amides is 1. The van der Waals surface area contributed by atoms with Crippen molar-refractivity contribution in [2.75, 3.05) is 40.1 Å². The molecular formula is C34H62NO8P. The van der Waals surface area contributed by atoms with E-state index >= 15 is 0 Å². The molecule has 1 aromatic carbocycles. The van der Waals surface area contributed by atoms with E-state index in [1.807, 2.05) is 30.3 Å². The number of unbranched alkanes of at least 4 members (excludes halogenated alkanes) is 13. The third-order valence-electron chi connectivity index (χ3n) is 6.94. The Morgan fingerprint density at radius 2 is 1.36 bits per heavy atom. The van der Waals surface area contributed by atoms with Gasteiger partial charge < -0.3 is 19.5 Å². The maximum atomic E-state index is 13.0. The number of alkyl carbamates (subject to hydrolysis) is 1. The number of carbonyl (C=O) groups is 1. The molecule has 0 fully saturated rings. The number of ether oxygens (including phenoxy) is 3. The molecule has 10 heteroatoms. The van der Waals surface area contributed by atoms with Crippen molar-refractivity contribution in [3.8, 4) is 0 Å². The van der Waals surface area contributed by atoms with E-state index in [2.05, 4.69) is 12.2 Å². The molecule has 1 rings (SSSR count). The largest absolute Gasteiger partial charge is 0.474 e. The maximum absolute atomic E-state index is 13.0.